The number of aryl methyl sites for hydroxylation is 3. The lowest BCUT2D eigenvalue weighted by Gasteiger charge is -2.34. The average Bonchev–Trinajstić information content (AvgIpc) is 3.27. The Morgan fingerprint density at radius 2 is 1.94 bits per heavy atom. The van der Waals surface area contributed by atoms with Crippen LogP contribution in [0.3, 0.4) is 0 Å². The van der Waals surface area contributed by atoms with Gasteiger partial charge in [0.1, 0.15) is 0 Å². The SMILES string of the molecule is O=C(NC1CC1)c1cn(CCC2CCCCN2S(=O)(=O)c2ccc3c(c2)CCC3)nn1. The molecule has 0 spiro atoms. The highest BCUT2D eigenvalue weighted by molar-refractivity contribution is 7.89. The van der Waals surface area contributed by atoms with Crippen molar-refractivity contribution in [1.29, 1.82) is 0 Å². The Hall–Kier alpha value is -2.26. The molecule has 5 rings (SSSR count). The lowest BCUT2D eigenvalue weighted by Crippen LogP contribution is -2.44. The molecular formula is C22H29N5O3S. The number of piperidine rings is 1. The number of carbonyl (C=O) groups excluding carboxylic acids is 1. The lowest BCUT2D eigenvalue weighted by atomic mass is 10.0. The summed E-state index contributed by atoms with van der Waals surface area (Å²) in [5, 5.41) is 11.0. The number of hydrogen-bond donors (Lipinski definition) is 1. The van der Waals surface area contributed by atoms with Crippen molar-refractivity contribution < 1.29 is 13.2 Å². The van der Waals surface area contributed by atoms with E-state index in [9.17, 15) is 13.2 Å². The van der Waals surface area contributed by atoms with E-state index in [0.717, 1.165) is 51.4 Å². The van der Waals surface area contributed by atoms with Crippen molar-refractivity contribution in [3.05, 3.63) is 41.2 Å². The first-order valence-corrected chi connectivity index (χ1v) is 12.8. The molecule has 9 heteroatoms. The summed E-state index contributed by atoms with van der Waals surface area (Å²) in [7, 11) is -3.53. The normalized spacial score (nSPS) is 21.7. The molecule has 2 aromatic rings. The maximum atomic E-state index is 13.4. The van der Waals surface area contributed by atoms with Gasteiger partial charge in [-0.3, -0.25) is 9.48 Å². The molecule has 1 aromatic heterocycles. The molecule has 0 radical (unpaired) electrons. The minimum absolute atomic E-state index is 0.0695. The van der Waals surface area contributed by atoms with E-state index in [2.05, 4.69) is 15.6 Å². The standard InChI is InChI=1S/C22H29N5O3S/c28-22(23-18-8-9-18)21-15-26(25-24-21)13-11-19-6-1-2-12-27(19)31(29,30)20-10-7-16-4-3-5-17(16)14-20/h7,10,14-15,18-19H,1-6,8-9,11-13H2,(H,23,28). The highest BCUT2D eigenvalue weighted by atomic mass is 32.2. The molecule has 1 saturated heterocycles. The van der Waals surface area contributed by atoms with Crippen LogP contribution in [-0.4, -0.2) is 52.3 Å². The van der Waals surface area contributed by atoms with Gasteiger partial charge in [-0.1, -0.05) is 17.7 Å². The van der Waals surface area contributed by atoms with E-state index in [1.54, 1.807) is 21.3 Å². The van der Waals surface area contributed by atoms with Crippen LogP contribution in [0.15, 0.2) is 29.3 Å². The zero-order valence-electron chi connectivity index (χ0n) is 17.7. The Bertz CT molecular complexity index is 1080. The van der Waals surface area contributed by atoms with Crippen LogP contribution < -0.4 is 5.32 Å². The number of nitrogens with zero attached hydrogens (tertiary/aromatic N) is 4. The minimum atomic E-state index is -3.53. The molecular weight excluding hydrogens is 414 g/mol. The predicted octanol–water partition coefficient (Wildman–Crippen LogP) is 2.29. The smallest absolute Gasteiger partial charge is 0.273 e. The number of carbonyl (C=O) groups is 1. The van der Waals surface area contributed by atoms with E-state index in [-0.39, 0.29) is 18.0 Å². The number of fused-ring (bicyclic) bond motifs is 1. The molecule has 2 aliphatic carbocycles. The molecule has 1 atom stereocenters. The Kier molecular flexibility index (Phi) is 5.56. The maximum absolute atomic E-state index is 13.4. The largest absolute Gasteiger partial charge is 0.348 e. The zero-order chi connectivity index (χ0) is 21.4. The summed E-state index contributed by atoms with van der Waals surface area (Å²) >= 11 is 0. The Labute approximate surface area is 183 Å². The van der Waals surface area contributed by atoms with Crippen molar-refractivity contribution in [2.45, 2.75) is 81.3 Å². The van der Waals surface area contributed by atoms with Crippen molar-refractivity contribution in [1.82, 2.24) is 24.6 Å². The average molecular weight is 444 g/mol. The molecule has 1 aromatic carbocycles. The molecule has 0 bridgehead atoms. The molecule has 1 unspecified atom stereocenters. The van der Waals surface area contributed by atoms with Crippen molar-refractivity contribution in [3.63, 3.8) is 0 Å². The first-order valence-electron chi connectivity index (χ1n) is 11.4. The van der Waals surface area contributed by atoms with Crippen molar-refractivity contribution >= 4 is 15.9 Å². The molecule has 8 nitrogen and oxygen atoms in total. The zero-order valence-corrected chi connectivity index (χ0v) is 18.5. The topological polar surface area (TPSA) is 97.2 Å². The van der Waals surface area contributed by atoms with Crippen LogP contribution in [-0.2, 0) is 29.4 Å². The number of sulfonamides is 1. The number of nitrogens with one attached hydrogen (secondary N) is 1. The van der Waals surface area contributed by atoms with Crippen LogP contribution in [0, 0.1) is 0 Å². The Morgan fingerprint density at radius 1 is 1.10 bits per heavy atom. The summed E-state index contributed by atoms with van der Waals surface area (Å²) in [5.41, 5.74) is 2.77. The van der Waals surface area contributed by atoms with Crippen LogP contribution in [0.2, 0.25) is 0 Å². The van der Waals surface area contributed by atoms with Gasteiger partial charge in [0.2, 0.25) is 10.0 Å². The van der Waals surface area contributed by atoms with E-state index in [4.69, 9.17) is 0 Å². The van der Waals surface area contributed by atoms with Gasteiger partial charge in [-0.15, -0.1) is 5.10 Å². The van der Waals surface area contributed by atoms with Crippen molar-refractivity contribution in [2.75, 3.05) is 6.54 Å². The second kappa shape index (κ2) is 8.35. The van der Waals surface area contributed by atoms with E-state index in [1.165, 1.54) is 11.1 Å². The van der Waals surface area contributed by atoms with Gasteiger partial charge in [-0.05, 0) is 74.6 Å². The summed E-state index contributed by atoms with van der Waals surface area (Å²) in [6.45, 7) is 1.08. The minimum Gasteiger partial charge on any atom is -0.348 e. The molecule has 1 N–H and O–H groups in total. The third-order valence-electron chi connectivity index (χ3n) is 6.62. The molecule has 1 saturated carbocycles. The molecule has 1 amide bonds. The second-order valence-electron chi connectivity index (χ2n) is 8.95. The summed E-state index contributed by atoms with van der Waals surface area (Å²) in [6, 6.07) is 5.84. The number of aromatic nitrogens is 3. The summed E-state index contributed by atoms with van der Waals surface area (Å²) < 4.78 is 30.2. The fraction of sp³-hybridized carbons (Fsp3) is 0.591. The van der Waals surface area contributed by atoms with Crippen LogP contribution in [0.1, 0.15) is 66.6 Å². The lowest BCUT2D eigenvalue weighted by molar-refractivity contribution is 0.0946. The maximum Gasteiger partial charge on any atom is 0.273 e. The number of hydrogen-bond acceptors (Lipinski definition) is 5. The van der Waals surface area contributed by atoms with E-state index < -0.39 is 10.0 Å². The van der Waals surface area contributed by atoms with Gasteiger partial charge < -0.3 is 5.32 Å². The second-order valence-corrected chi connectivity index (χ2v) is 10.8. The first kappa shape index (κ1) is 20.6. The van der Waals surface area contributed by atoms with Gasteiger partial charge in [0, 0.05) is 25.2 Å². The Balaban J connectivity index is 1.27. The van der Waals surface area contributed by atoms with Gasteiger partial charge in [-0.2, -0.15) is 4.31 Å². The van der Waals surface area contributed by atoms with E-state index in [1.807, 2.05) is 12.1 Å². The number of benzene rings is 1. The number of rotatable bonds is 7. The summed E-state index contributed by atoms with van der Waals surface area (Å²) in [4.78, 5) is 12.5. The van der Waals surface area contributed by atoms with Gasteiger partial charge in [0.15, 0.2) is 5.69 Å². The molecule has 2 fully saturated rings. The van der Waals surface area contributed by atoms with Crippen LogP contribution in [0.4, 0.5) is 0 Å². The third kappa shape index (κ3) is 4.39. The fourth-order valence-corrected chi connectivity index (χ4v) is 6.48. The summed E-state index contributed by atoms with van der Waals surface area (Å²) in [5.74, 6) is -0.188. The summed E-state index contributed by atoms with van der Waals surface area (Å²) in [6.07, 6.45) is 10.2. The molecule has 1 aliphatic heterocycles. The predicted molar refractivity (Wildman–Crippen MR) is 115 cm³/mol. The fourth-order valence-electron chi connectivity index (χ4n) is 4.70. The van der Waals surface area contributed by atoms with E-state index >= 15 is 0 Å². The highest BCUT2D eigenvalue weighted by Gasteiger charge is 2.34. The number of amides is 1. The van der Waals surface area contributed by atoms with Crippen LogP contribution in [0.25, 0.3) is 0 Å². The third-order valence-corrected chi connectivity index (χ3v) is 8.57. The van der Waals surface area contributed by atoms with E-state index in [0.29, 0.717) is 30.1 Å². The Morgan fingerprint density at radius 3 is 2.77 bits per heavy atom. The van der Waals surface area contributed by atoms with Gasteiger partial charge in [-0.25, -0.2) is 8.42 Å². The van der Waals surface area contributed by atoms with Crippen molar-refractivity contribution in [3.8, 4) is 0 Å². The van der Waals surface area contributed by atoms with Crippen LogP contribution in [0.5, 0.6) is 0 Å². The first-order chi connectivity index (χ1) is 15.0. The quantitative estimate of drug-likeness (QED) is 0.708. The highest BCUT2D eigenvalue weighted by Crippen LogP contribution is 2.30. The van der Waals surface area contributed by atoms with Gasteiger partial charge >= 0.3 is 0 Å². The molecule has 166 valence electrons. The monoisotopic (exact) mass is 443 g/mol. The molecule has 3 aliphatic rings. The van der Waals surface area contributed by atoms with Crippen molar-refractivity contribution in [2.24, 2.45) is 0 Å². The molecule has 2 heterocycles. The van der Waals surface area contributed by atoms with Gasteiger partial charge in [0.25, 0.3) is 5.91 Å². The van der Waals surface area contributed by atoms with Crippen LogP contribution >= 0.6 is 0 Å². The van der Waals surface area contributed by atoms with Gasteiger partial charge in [0.05, 0.1) is 11.1 Å². The molecule has 31 heavy (non-hydrogen) atoms.